The Hall–Kier alpha value is -10.2. The van der Waals surface area contributed by atoms with E-state index in [0.717, 1.165) is 94.9 Å². The first-order valence-electron chi connectivity index (χ1n) is 29.4. The number of rotatable bonds is 7. The fourth-order valence-corrected chi connectivity index (χ4v) is 12.8. The summed E-state index contributed by atoms with van der Waals surface area (Å²) in [7, 11) is 0. The van der Waals surface area contributed by atoms with E-state index in [1.807, 2.05) is 18.2 Å². The Morgan fingerprint density at radius 1 is 0.353 bits per heavy atom. The second kappa shape index (κ2) is 19.7. The molecule has 0 N–H and O–H groups in total. The van der Waals surface area contributed by atoms with Crippen LogP contribution in [0.2, 0.25) is 0 Å². The topological polar surface area (TPSA) is 51.5 Å². The van der Waals surface area contributed by atoms with E-state index in [-0.39, 0.29) is 16.2 Å². The van der Waals surface area contributed by atoms with Gasteiger partial charge in [-0.15, -0.1) is 6.42 Å². The molecule has 14 aromatic rings. The average molecular weight is 1100 g/mol. The maximum absolute atomic E-state index is 10.6. The monoisotopic (exact) mass is 1100 g/mol. The van der Waals surface area contributed by atoms with Gasteiger partial charge in [0.25, 0.3) is 0 Å². The summed E-state index contributed by atoms with van der Waals surface area (Å²) in [6.45, 7) is 20.5. The molecule has 0 amide bonds. The van der Waals surface area contributed by atoms with Gasteiger partial charge in [-0.05, 0) is 159 Å². The fourth-order valence-electron chi connectivity index (χ4n) is 12.8. The van der Waals surface area contributed by atoms with Crippen molar-refractivity contribution < 1.29 is 0 Å². The van der Waals surface area contributed by atoms with Crippen molar-refractivity contribution in [2.24, 2.45) is 0 Å². The van der Waals surface area contributed by atoms with Crippen LogP contribution in [-0.2, 0) is 16.2 Å². The highest BCUT2D eigenvalue weighted by Crippen LogP contribution is 2.45. The van der Waals surface area contributed by atoms with Crippen molar-refractivity contribution in [1.29, 1.82) is 5.26 Å². The van der Waals surface area contributed by atoms with Crippen LogP contribution in [0.3, 0.4) is 0 Å². The van der Waals surface area contributed by atoms with Gasteiger partial charge in [-0.25, -0.2) is 4.98 Å². The van der Waals surface area contributed by atoms with Gasteiger partial charge < -0.3 is 13.7 Å². The van der Waals surface area contributed by atoms with Crippen molar-refractivity contribution in [3.8, 4) is 80.2 Å². The Balaban J connectivity index is 0.977. The van der Waals surface area contributed by atoms with Gasteiger partial charge in [-0.3, -0.25) is 0 Å². The third kappa shape index (κ3) is 8.90. The number of fused-ring (bicyclic) bond motifs is 9. The summed E-state index contributed by atoms with van der Waals surface area (Å²) in [5, 5.41) is 18.0. The lowest BCUT2D eigenvalue weighted by Crippen LogP contribution is -2.10. The second-order valence-corrected chi connectivity index (χ2v) is 25.9. The van der Waals surface area contributed by atoms with Crippen LogP contribution in [0, 0.1) is 23.7 Å². The van der Waals surface area contributed by atoms with Crippen LogP contribution in [0.1, 0.15) is 90.1 Å². The Kier molecular flexibility index (Phi) is 12.3. The molecule has 5 heteroatoms. The fraction of sp³-hybridized carbons (Fsp3) is 0.150. The third-order valence-electron chi connectivity index (χ3n) is 17.5. The first kappa shape index (κ1) is 52.8. The van der Waals surface area contributed by atoms with E-state index >= 15 is 0 Å². The first-order chi connectivity index (χ1) is 40.9. The zero-order chi connectivity index (χ0) is 58.7. The molecule has 0 atom stereocenters. The zero-order valence-corrected chi connectivity index (χ0v) is 49.7. The molecule has 4 heterocycles. The molecule has 0 aliphatic rings. The van der Waals surface area contributed by atoms with Crippen molar-refractivity contribution >= 4 is 65.4 Å². The molecule has 0 aliphatic carbocycles. The van der Waals surface area contributed by atoms with Gasteiger partial charge in [0.2, 0.25) is 0 Å². The molecule has 0 unspecified atom stereocenters. The summed E-state index contributed by atoms with van der Waals surface area (Å²) in [4.78, 5) is 5.77. The number of hydrogen-bond acceptors (Lipinski definition) is 2. The van der Waals surface area contributed by atoms with E-state index in [9.17, 15) is 5.26 Å². The Morgan fingerprint density at radius 3 is 1.11 bits per heavy atom. The zero-order valence-electron chi connectivity index (χ0n) is 49.7. The molecule has 14 rings (SSSR count). The van der Waals surface area contributed by atoms with E-state index in [1.54, 1.807) is 0 Å². The average Bonchev–Trinajstić information content (AvgIpc) is 2.08. The molecule has 0 bridgehead atoms. The van der Waals surface area contributed by atoms with Gasteiger partial charge in [-0.1, -0.05) is 183 Å². The lowest BCUT2D eigenvalue weighted by atomic mass is 9.86. The number of aromatic nitrogens is 4. The SMILES string of the molecule is C#Cc1ccc(-c2cc(-c3ccc(-n4c5ccccc5c5cc(C(C)(C)C)ccc54)cc3)nc(-c3ccc(-n4c5ccccc5c5cc(C(C)(C)C)ccc54)cc3)c2-c2ccc(-n3c4ccccc4c4cc(C(C)(C)C)ccc43)cc2)cc1C#N. The van der Waals surface area contributed by atoms with Crippen molar-refractivity contribution in [2.45, 2.75) is 78.6 Å². The lowest BCUT2D eigenvalue weighted by Gasteiger charge is -2.20. The predicted molar refractivity (Wildman–Crippen MR) is 358 cm³/mol. The number of pyridine rings is 1. The van der Waals surface area contributed by atoms with Crippen molar-refractivity contribution in [2.75, 3.05) is 0 Å². The minimum atomic E-state index is 0.00292. The van der Waals surface area contributed by atoms with Crippen molar-refractivity contribution in [3.63, 3.8) is 0 Å². The number of nitrogens with zero attached hydrogens (tertiary/aromatic N) is 5. The summed E-state index contributed by atoms with van der Waals surface area (Å²) < 4.78 is 7.14. The van der Waals surface area contributed by atoms with E-state index in [4.69, 9.17) is 11.4 Å². The Labute approximate surface area is 497 Å². The van der Waals surface area contributed by atoms with Crippen LogP contribution in [0.25, 0.3) is 127 Å². The molecule has 0 spiro atoms. The molecule has 10 aromatic carbocycles. The van der Waals surface area contributed by atoms with E-state index < -0.39 is 0 Å². The van der Waals surface area contributed by atoms with Gasteiger partial charge in [-0.2, -0.15) is 5.26 Å². The molecule has 85 heavy (non-hydrogen) atoms. The van der Waals surface area contributed by atoms with Crippen molar-refractivity contribution in [3.05, 3.63) is 252 Å². The van der Waals surface area contributed by atoms with E-state index in [1.165, 1.54) is 49.0 Å². The number of terminal acetylenes is 1. The maximum Gasteiger partial charge on any atom is 0.100 e. The summed E-state index contributed by atoms with van der Waals surface area (Å²) >= 11 is 0. The molecular weight excluding hydrogens is 1030 g/mol. The summed E-state index contributed by atoms with van der Waals surface area (Å²) in [5.74, 6) is 2.76. The highest BCUT2D eigenvalue weighted by molar-refractivity contribution is 6.12. The van der Waals surface area contributed by atoms with Crippen LogP contribution in [0.5, 0.6) is 0 Å². The molecule has 0 saturated carbocycles. The smallest absolute Gasteiger partial charge is 0.100 e. The quantitative estimate of drug-likeness (QED) is 0.149. The normalized spacial score (nSPS) is 12.3. The summed E-state index contributed by atoms with van der Waals surface area (Å²) in [5.41, 5.74) is 22.3. The highest BCUT2D eigenvalue weighted by Gasteiger charge is 2.25. The van der Waals surface area contributed by atoms with Crippen LogP contribution in [-0.4, -0.2) is 18.7 Å². The van der Waals surface area contributed by atoms with E-state index in [0.29, 0.717) is 11.1 Å². The molecule has 0 radical (unpaired) electrons. The largest absolute Gasteiger partial charge is 0.309 e. The molecule has 0 fully saturated rings. The summed E-state index contributed by atoms with van der Waals surface area (Å²) in [6.07, 6.45) is 6.03. The van der Waals surface area contributed by atoms with Gasteiger partial charge in [0.05, 0.1) is 50.1 Å². The van der Waals surface area contributed by atoms with Gasteiger partial charge in [0.15, 0.2) is 0 Å². The first-order valence-corrected chi connectivity index (χ1v) is 29.4. The van der Waals surface area contributed by atoms with Crippen LogP contribution in [0.15, 0.2) is 224 Å². The number of nitriles is 1. The molecule has 4 aromatic heterocycles. The van der Waals surface area contributed by atoms with Crippen LogP contribution < -0.4 is 0 Å². The molecule has 410 valence electrons. The van der Waals surface area contributed by atoms with Gasteiger partial charge in [0.1, 0.15) is 6.07 Å². The van der Waals surface area contributed by atoms with Gasteiger partial charge >= 0.3 is 0 Å². The predicted octanol–water partition coefficient (Wildman–Crippen LogP) is 20.8. The molecule has 0 aliphatic heterocycles. The second-order valence-electron chi connectivity index (χ2n) is 25.9. The molecular formula is C80H65N5. The minimum absolute atomic E-state index is 0.00292. The molecule has 0 saturated heterocycles. The van der Waals surface area contributed by atoms with Crippen LogP contribution in [0.4, 0.5) is 0 Å². The standard InChI is InChI=1S/C80H65N5/c1-11-50-24-25-54(44-55(50)49-81)65-48-69(51-26-35-59(36-27-51)83-70-21-15-12-18-62(70)66-45-56(78(2,3)4)32-41-73(66)83)82-77(53-30-39-61(40-31-53)85-72-23-17-14-20-64(72)68-47-58(80(8,9)10)34-43-75(68)85)76(65)52-28-37-60(38-29-52)84-71-22-16-13-19-63(71)67-46-57(79(5,6)7)33-42-74(67)84/h1,12-48H,2-10H3. The maximum atomic E-state index is 10.6. The summed E-state index contributed by atoms with van der Waals surface area (Å²) in [6, 6.07) is 84.0. The number of hydrogen-bond donors (Lipinski definition) is 0. The van der Waals surface area contributed by atoms with Crippen LogP contribution >= 0.6 is 0 Å². The Morgan fingerprint density at radius 2 is 0.718 bits per heavy atom. The lowest BCUT2D eigenvalue weighted by molar-refractivity contribution is 0.591. The third-order valence-corrected chi connectivity index (χ3v) is 17.5. The minimum Gasteiger partial charge on any atom is -0.309 e. The highest BCUT2D eigenvalue weighted by atomic mass is 15.0. The van der Waals surface area contributed by atoms with Crippen molar-refractivity contribution in [1.82, 2.24) is 18.7 Å². The van der Waals surface area contributed by atoms with Gasteiger partial charge in [0, 0.05) is 71.6 Å². The number of benzene rings is 10. The molecule has 5 nitrogen and oxygen atoms in total. The van der Waals surface area contributed by atoms with E-state index in [2.05, 4.69) is 294 Å². The number of para-hydroxylation sites is 3. The Bertz CT molecular complexity index is 5100.